The first-order chi connectivity index (χ1) is 5.76. The average Bonchev–Trinajstić information content (AvgIpc) is 2.06. The van der Waals surface area contributed by atoms with Gasteiger partial charge in [-0.2, -0.15) is 0 Å². The Kier molecular flexibility index (Phi) is 5.97. The van der Waals surface area contributed by atoms with E-state index in [9.17, 15) is 9.59 Å². The van der Waals surface area contributed by atoms with Gasteiger partial charge in [-0.05, 0) is 19.4 Å². The number of hydrogen-bond donors (Lipinski definition) is 0. The van der Waals surface area contributed by atoms with Gasteiger partial charge in [0.05, 0.1) is 12.5 Å². The molecule has 12 heavy (non-hydrogen) atoms. The third kappa shape index (κ3) is 3.91. The minimum absolute atomic E-state index is 0.266. The van der Waals surface area contributed by atoms with Crippen LogP contribution in [0.1, 0.15) is 20.3 Å². The molecule has 3 heteroatoms. The SMILES string of the molecule is CCOC(=O)C(C=CC=O)CC. The molecule has 1 atom stereocenters. The summed E-state index contributed by atoms with van der Waals surface area (Å²) in [6.07, 6.45) is 4.20. The molecule has 0 aromatic carbocycles. The maximum atomic E-state index is 11.1. The van der Waals surface area contributed by atoms with E-state index in [1.807, 2.05) is 6.92 Å². The Labute approximate surface area is 72.4 Å². The van der Waals surface area contributed by atoms with Crippen LogP contribution in [0.3, 0.4) is 0 Å². The van der Waals surface area contributed by atoms with E-state index < -0.39 is 0 Å². The van der Waals surface area contributed by atoms with Gasteiger partial charge >= 0.3 is 5.97 Å². The first kappa shape index (κ1) is 10.9. The minimum Gasteiger partial charge on any atom is -0.466 e. The summed E-state index contributed by atoms with van der Waals surface area (Å²) in [6.45, 7) is 4.01. The summed E-state index contributed by atoms with van der Waals surface area (Å²) in [7, 11) is 0. The van der Waals surface area contributed by atoms with Crippen molar-refractivity contribution in [2.45, 2.75) is 20.3 Å². The molecule has 0 radical (unpaired) electrons. The molecule has 0 heterocycles. The van der Waals surface area contributed by atoms with Crippen molar-refractivity contribution in [1.82, 2.24) is 0 Å². The molecule has 0 saturated carbocycles. The van der Waals surface area contributed by atoms with E-state index in [1.54, 1.807) is 13.0 Å². The van der Waals surface area contributed by atoms with E-state index in [4.69, 9.17) is 4.74 Å². The maximum Gasteiger partial charge on any atom is 0.312 e. The van der Waals surface area contributed by atoms with Crippen LogP contribution in [-0.2, 0) is 14.3 Å². The highest BCUT2D eigenvalue weighted by atomic mass is 16.5. The van der Waals surface area contributed by atoms with Crippen molar-refractivity contribution in [3.8, 4) is 0 Å². The fourth-order valence-electron chi connectivity index (χ4n) is 0.810. The fourth-order valence-corrected chi connectivity index (χ4v) is 0.810. The summed E-state index contributed by atoms with van der Waals surface area (Å²) in [5.41, 5.74) is 0. The second kappa shape index (κ2) is 6.58. The summed E-state index contributed by atoms with van der Waals surface area (Å²) in [4.78, 5) is 21.1. The lowest BCUT2D eigenvalue weighted by atomic mass is 10.1. The van der Waals surface area contributed by atoms with E-state index in [2.05, 4.69) is 0 Å². The minimum atomic E-state index is -0.282. The Morgan fingerprint density at radius 1 is 1.50 bits per heavy atom. The number of aldehydes is 1. The molecule has 0 N–H and O–H groups in total. The van der Waals surface area contributed by atoms with Crippen molar-refractivity contribution in [3.63, 3.8) is 0 Å². The molecule has 0 aromatic rings. The van der Waals surface area contributed by atoms with E-state index in [0.717, 1.165) is 0 Å². The van der Waals surface area contributed by atoms with Gasteiger partial charge in [0.15, 0.2) is 0 Å². The predicted molar refractivity (Wildman–Crippen MR) is 45.6 cm³/mol. The Morgan fingerprint density at radius 2 is 2.17 bits per heavy atom. The number of esters is 1. The van der Waals surface area contributed by atoms with Crippen LogP contribution in [0.4, 0.5) is 0 Å². The van der Waals surface area contributed by atoms with Crippen LogP contribution in [0.2, 0.25) is 0 Å². The Hall–Kier alpha value is -1.12. The highest BCUT2D eigenvalue weighted by Gasteiger charge is 2.12. The highest BCUT2D eigenvalue weighted by molar-refractivity contribution is 5.76. The summed E-state index contributed by atoms with van der Waals surface area (Å²) < 4.78 is 4.79. The third-order valence-corrected chi connectivity index (χ3v) is 1.45. The summed E-state index contributed by atoms with van der Waals surface area (Å²) >= 11 is 0. The Morgan fingerprint density at radius 3 is 2.58 bits per heavy atom. The topological polar surface area (TPSA) is 43.4 Å². The van der Waals surface area contributed by atoms with Crippen LogP contribution in [0.5, 0.6) is 0 Å². The summed E-state index contributed by atoms with van der Waals surface area (Å²) in [5, 5.41) is 0. The first-order valence-corrected chi connectivity index (χ1v) is 4.04. The van der Waals surface area contributed by atoms with Gasteiger partial charge in [-0.3, -0.25) is 9.59 Å². The van der Waals surface area contributed by atoms with Crippen molar-refractivity contribution >= 4 is 12.3 Å². The fraction of sp³-hybridized carbons (Fsp3) is 0.556. The highest BCUT2D eigenvalue weighted by Crippen LogP contribution is 2.06. The molecule has 68 valence electrons. The standard InChI is InChI=1S/C9H14O3/c1-3-8(6-5-7-10)9(11)12-4-2/h5-8H,3-4H2,1-2H3. The van der Waals surface area contributed by atoms with Gasteiger partial charge in [-0.25, -0.2) is 0 Å². The van der Waals surface area contributed by atoms with Crippen LogP contribution >= 0.6 is 0 Å². The number of carbonyl (C=O) groups excluding carboxylic acids is 2. The molecule has 3 nitrogen and oxygen atoms in total. The molecule has 0 rings (SSSR count). The number of hydrogen-bond acceptors (Lipinski definition) is 3. The lowest BCUT2D eigenvalue weighted by Crippen LogP contribution is -2.14. The van der Waals surface area contributed by atoms with Crippen molar-refractivity contribution in [1.29, 1.82) is 0 Å². The average molecular weight is 170 g/mol. The number of rotatable bonds is 5. The van der Waals surface area contributed by atoms with Gasteiger partial charge in [0.2, 0.25) is 0 Å². The molecule has 0 aliphatic carbocycles. The molecule has 0 spiro atoms. The monoisotopic (exact) mass is 170 g/mol. The molecular formula is C9H14O3. The van der Waals surface area contributed by atoms with Crippen LogP contribution < -0.4 is 0 Å². The van der Waals surface area contributed by atoms with Crippen LogP contribution in [0.25, 0.3) is 0 Å². The zero-order valence-electron chi connectivity index (χ0n) is 7.45. The summed E-state index contributed by atoms with van der Waals surface area (Å²) in [5.74, 6) is -0.548. The van der Waals surface area contributed by atoms with E-state index >= 15 is 0 Å². The predicted octanol–water partition coefficient (Wildman–Crippen LogP) is 1.33. The Bertz CT molecular complexity index is 173. The van der Waals surface area contributed by atoms with Crippen LogP contribution in [0, 0.1) is 5.92 Å². The normalized spacial score (nSPS) is 12.8. The second-order valence-electron chi connectivity index (χ2n) is 2.29. The molecule has 0 aliphatic heterocycles. The van der Waals surface area contributed by atoms with Crippen molar-refractivity contribution < 1.29 is 14.3 Å². The number of allylic oxidation sites excluding steroid dienone is 1. The molecule has 0 aliphatic rings. The molecule has 0 amide bonds. The molecule has 0 bridgehead atoms. The molecule has 0 aromatic heterocycles. The van der Waals surface area contributed by atoms with Crippen molar-refractivity contribution in [2.24, 2.45) is 5.92 Å². The van der Waals surface area contributed by atoms with E-state index in [1.165, 1.54) is 6.08 Å². The summed E-state index contributed by atoms with van der Waals surface area (Å²) in [6, 6.07) is 0. The van der Waals surface area contributed by atoms with E-state index in [-0.39, 0.29) is 11.9 Å². The van der Waals surface area contributed by atoms with Crippen molar-refractivity contribution in [2.75, 3.05) is 6.61 Å². The van der Waals surface area contributed by atoms with Gasteiger partial charge in [0.25, 0.3) is 0 Å². The molecular weight excluding hydrogens is 156 g/mol. The largest absolute Gasteiger partial charge is 0.466 e. The third-order valence-electron chi connectivity index (χ3n) is 1.45. The van der Waals surface area contributed by atoms with Gasteiger partial charge in [0, 0.05) is 0 Å². The molecule has 1 unspecified atom stereocenters. The van der Waals surface area contributed by atoms with Gasteiger partial charge in [-0.15, -0.1) is 0 Å². The molecule has 0 saturated heterocycles. The van der Waals surface area contributed by atoms with Crippen molar-refractivity contribution in [3.05, 3.63) is 12.2 Å². The maximum absolute atomic E-state index is 11.1. The van der Waals surface area contributed by atoms with Gasteiger partial charge in [-0.1, -0.05) is 13.0 Å². The quantitative estimate of drug-likeness (QED) is 0.355. The zero-order chi connectivity index (χ0) is 9.40. The Balaban J connectivity index is 4.04. The zero-order valence-corrected chi connectivity index (χ0v) is 7.45. The number of ether oxygens (including phenoxy) is 1. The molecule has 0 fully saturated rings. The van der Waals surface area contributed by atoms with E-state index in [0.29, 0.717) is 19.3 Å². The first-order valence-electron chi connectivity index (χ1n) is 4.04. The van der Waals surface area contributed by atoms with Gasteiger partial charge < -0.3 is 4.74 Å². The van der Waals surface area contributed by atoms with Crippen LogP contribution in [-0.4, -0.2) is 18.9 Å². The lowest BCUT2D eigenvalue weighted by Gasteiger charge is -2.07. The smallest absolute Gasteiger partial charge is 0.312 e. The number of carbonyl (C=O) groups is 2. The lowest BCUT2D eigenvalue weighted by molar-refractivity contribution is -0.146. The van der Waals surface area contributed by atoms with Gasteiger partial charge in [0.1, 0.15) is 6.29 Å². The van der Waals surface area contributed by atoms with Crippen LogP contribution in [0.15, 0.2) is 12.2 Å². The second-order valence-corrected chi connectivity index (χ2v) is 2.29.